The number of nitrogens with one attached hydrogen (secondary N) is 2. The molecule has 0 radical (unpaired) electrons. The number of nitrogens with zero attached hydrogens (tertiary/aromatic N) is 2. The maximum absolute atomic E-state index is 12.8. The molecule has 1 fully saturated rings. The molecule has 0 atom stereocenters. The molecule has 176 valence electrons. The van der Waals surface area contributed by atoms with Crippen molar-refractivity contribution in [1.82, 2.24) is 14.6 Å². The number of amides is 2. The van der Waals surface area contributed by atoms with Crippen molar-refractivity contribution in [1.29, 1.82) is 0 Å². The van der Waals surface area contributed by atoms with Gasteiger partial charge in [-0.3, -0.25) is 14.6 Å². The lowest BCUT2D eigenvalue weighted by atomic mass is 10.1. The molecule has 0 aliphatic carbocycles. The molecule has 0 saturated carbocycles. The highest BCUT2D eigenvalue weighted by Crippen LogP contribution is 2.19. The van der Waals surface area contributed by atoms with Crippen molar-refractivity contribution in [2.75, 3.05) is 18.4 Å². The van der Waals surface area contributed by atoms with E-state index in [4.69, 9.17) is 0 Å². The van der Waals surface area contributed by atoms with Gasteiger partial charge in [0.2, 0.25) is 10.0 Å². The van der Waals surface area contributed by atoms with Crippen LogP contribution in [-0.2, 0) is 22.3 Å². The SMILES string of the molecule is O=C(Nc1ccccc1C(=O)NCc1cccnc1)c1ccc(CS(=O)(=O)N2CCCC2)cc1. The predicted octanol–water partition coefficient (Wildman–Crippen LogP) is 3.19. The molecule has 1 saturated heterocycles. The molecule has 9 heteroatoms. The van der Waals surface area contributed by atoms with Gasteiger partial charge in [0.15, 0.2) is 0 Å². The number of hydrogen-bond donors (Lipinski definition) is 2. The molecule has 1 aliphatic rings. The number of aromatic nitrogens is 1. The van der Waals surface area contributed by atoms with Gasteiger partial charge < -0.3 is 10.6 Å². The second-order valence-electron chi connectivity index (χ2n) is 8.10. The zero-order valence-corrected chi connectivity index (χ0v) is 19.4. The number of sulfonamides is 1. The molecule has 2 N–H and O–H groups in total. The molecule has 2 aromatic carbocycles. The largest absolute Gasteiger partial charge is 0.348 e. The Morgan fingerprint density at radius 1 is 0.882 bits per heavy atom. The molecule has 8 nitrogen and oxygen atoms in total. The van der Waals surface area contributed by atoms with Crippen LogP contribution in [0.5, 0.6) is 0 Å². The molecular formula is C25H26N4O4S. The van der Waals surface area contributed by atoms with Gasteiger partial charge in [0.1, 0.15) is 0 Å². The average molecular weight is 479 g/mol. The number of para-hydroxylation sites is 1. The van der Waals surface area contributed by atoms with Crippen LogP contribution in [0.4, 0.5) is 5.69 Å². The van der Waals surface area contributed by atoms with E-state index in [9.17, 15) is 18.0 Å². The minimum absolute atomic E-state index is 0.0885. The Labute approximate surface area is 199 Å². The summed E-state index contributed by atoms with van der Waals surface area (Å²) >= 11 is 0. The number of pyridine rings is 1. The van der Waals surface area contributed by atoms with E-state index in [-0.39, 0.29) is 17.6 Å². The third-order valence-corrected chi connectivity index (χ3v) is 7.47. The van der Waals surface area contributed by atoms with Crippen LogP contribution in [0, 0.1) is 0 Å². The summed E-state index contributed by atoms with van der Waals surface area (Å²) in [5.41, 5.74) is 2.58. The van der Waals surface area contributed by atoms with Gasteiger partial charge in [0.25, 0.3) is 11.8 Å². The Hall–Kier alpha value is -3.56. The van der Waals surface area contributed by atoms with Gasteiger partial charge in [-0.2, -0.15) is 0 Å². The van der Waals surface area contributed by atoms with E-state index in [2.05, 4.69) is 15.6 Å². The Balaban J connectivity index is 1.40. The van der Waals surface area contributed by atoms with Crippen molar-refractivity contribution in [2.24, 2.45) is 0 Å². The molecule has 0 spiro atoms. The fourth-order valence-electron chi connectivity index (χ4n) is 3.79. The summed E-state index contributed by atoms with van der Waals surface area (Å²) in [7, 11) is -3.35. The molecule has 2 heterocycles. The van der Waals surface area contributed by atoms with E-state index < -0.39 is 10.0 Å². The number of carbonyl (C=O) groups excluding carboxylic acids is 2. The van der Waals surface area contributed by atoms with Gasteiger partial charge in [0.05, 0.1) is 17.0 Å². The molecule has 3 aromatic rings. The highest BCUT2D eigenvalue weighted by Gasteiger charge is 2.25. The number of hydrogen-bond acceptors (Lipinski definition) is 5. The summed E-state index contributed by atoms with van der Waals surface area (Å²) in [5.74, 6) is -0.793. The lowest BCUT2D eigenvalue weighted by Crippen LogP contribution is -2.29. The first-order valence-corrected chi connectivity index (χ1v) is 12.7. The van der Waals surface area contributed by atoms with Gasteiger partial charge >= 0.3 is 0 Å². The summed E-state index contributed by atoms with van der Waals surface area (Å²) in [6.45, 7) is 1.45. The Morgan fingerprint density at radius 3 is 2.32 bits per heavy atom. The Morgan fingerprint density at radius 2 is 1.62 bits per heavy atom. The predicted molar refractivity (Wildman–Crippen MR) is 130 cm³/mol. The molecule has 4 rings (SSSR count). The van der Waals surface area contributed by atoms with Gasteiger partial charge in [-0.1, -0.05) is 30.3 Å². The lowest BCUT2D eigenvalue weighted by molar-refractivity contribution is 0.0951. The fourth-order valence-corrected chi connectivity index (χ4v) is 5.40. The van der Waals surface area contributed by atoms with Gasteiger partial charge in [-0.15, -0.1) is 0 Å². The maximum atomic E-state index is 12.8. The Bertz CT molecular complexity index is 1260. The van der Waals surface area contributed by atoms with Crippen molar-refractivity contribution in [2.45, 2.75) is 25.1 Å². The first-order chi connectivity index (χ1) is 16.4. The number of rotatable bonds is 8. The summed E-state index contributed by atoms with van der Waals surface area (Å²) in [5, 5.41) is 5.61. The van der Waals surface area contributed by atoms with Crippen LogP contribution in [0.2, 0.25) is 0 Å². The minimum Gasteiger partial charge on any atom is -0.348 e. The molecule has 1 aromatic heterocycles. The summed E-state index contributed by atoms with van der Waals surface area (Å²) in [4.78, 5) is 29.5. The number of benzene rings is 2. The zero-order chi connectivity index (χ0) is 24.0. The fraction of sp³-hybridized carbons (Fsp3) is 0.240. The van der Waals surface area contributed by atoms with Crippen molar-refractivity contribution in [3.63, 3.8) is 0 Å². The van der Waals surface area contributed by atoms with E-state index in [1.165, 1.54) is 4.31 Å². The third kappa shape index (κ3) is 5.86. The summed E-state index contributed by atoms with van der Waals surface area (Å²) < 4.78 is 26.5. The minimum atomic E-state index is -3.35. The number of anilines is 1. The van der Waals surface area contributed by atoms with E-state index in [0.29, 0.717) is 42.0 Å². The van der Waals surface area contributed by atoms with Crippen LogP contribution in [0.15, 0.2) is 73.1 Å². The van der Waals surface area contributed by atoms with Crippen molar-refractivity contribution < 1.29 is 18.0 Å². The summed E-state index contributed by atoms with van der Waals surface area (Å²) in [6, 6.07) is 16.9. The highest BCUT2D eigenvalue weighted by molar-refractivity contribution is 7.88. The first-order valence-electron chi connectivity index (χ1n) is 11.1. The number of carbonyl (C=O) groups is 2. The van der Waals surface area contributed by atoms with Crippen molar-refractivity contribution in [3.8, 4) is 0 Å². The van der Waals surface area contributed by atoms with Gasteiger partial charge in [-0.25, -0.2) is 12.7 Å². The van der Waals surface area contributed by atoms with Crippen LogP contribution in [0.1, 0.15) is 44.7 Å². The quantitative estimate of drug-likeness (QED) is 0.517. The van der Waals surface area contributed by atoms with E-state index in [0.717, 1.165) is 18.4 Å². The smallest absolute Gasteiger partial charge is 0.255 e. The second kappa shape index (κ2) is 10.6. The van der Waals surface area contributed by atoms with E-state index >= 15 is 0 Å². The molecule has 34 heavy (non-hydrogen) atoms. The summed E-state index contributed by atoms with van der Waals surface area (Å²) in [6.07, 6.45) is 5.12. The monoisotopic (exact) mass is 478 g/mol. The van der Waals surface area contributed by atoms with Crippen LogP contribution < -0.4 is 10.6 Å². The Kier molecular flexibility index (Phi) is 7.34. The average Bonchev–Trinajstić information content (AvgIpc) is 3.40. The topological polar surface area (TPSA) is 108 Å². The zero-order valence-electron chi connectivity index (χ0n) is 18.6. The maximum Gasteiger partial charge on any atom is 0.255 e. The van der Waals surface area contributed by atoms with Crippen LogP contribution >= 0.6 is 0 Å². The van der Waals surface area contributed by atoms with Gasteiger partial charge in [0, 0.05) is 37.6 Å². The van der Waals surface area contributed by atoms with Crippen LogP contribution in [-0.4, -0.2) is 42.6 Å². The second-order valence-corrected chi connectivity index (χ2v) is 10.1. The molecule has 0 bridgehead atoms. The van der Waals surface area contributed by atoms with E-state index in [1.807, 2.05) is 6.07 Å². The van der Waals surface area contributed by atoms with Gasteiger partial charge in [-0.05, 0) is 54.3 Å². The molecule has 0 unspecified atom stereocenters. The van der Waals surface area contributed by atoms with Crippen LogP contribution in [0.3, 0.4) is 0 Å². The molecule has 1 aliphatic heterocycles. The molecular weight excluding hydrogens is 452 g/mol. The highest BCUT2D eigenvalue weighted by atomic mass is 32.2. The van der Waals surface area contributed by atoms with Crippen molar-refractivity contribution >= 4 is 27.5 Å². The standard InChI is InChI=1S/C25H26N4O4S/c30-24(21-11-9-19(10-12-21)18-34(32,33)29-14-3-4-15-29)28-23-8-2-1-7-22(23)25(31)27-17-20-6-5-13-26-16-20/h1-2,5-13,16H,3-4,14-15,17-18H2,(H,27,31)(H,28,30). The normalized spacial score (nSPS) is 14.0. The first kappa shape index (κ1) is 23.6. The van der Waals surface area contributed by atoms with Crippen molar-refractivity contribution in [3.05, 3.63) is 95.3 Å². The third-order valence-electron chi connectivity index (χ3n) is 5.62. The van der Waals surface area contributed by atoms with Crippen LogP contribution in [0.25, 0.3) is 0 Å². The lowest BCUT2D eigenvalue weighted by Gasteiger charge is -2.15. The molecule has 2 amide bonds. The van der Waals surface area contributed by atoms with E-state index in [1.54, 1.807) is 67.0 Å².